The predicted octanol–water partition coefficient (Wildman–Crippen LogP) is 2.50. The van der Waals surface area contributed by atoms with Gasteiger partial charge in [0.05, 0.1) is 16.8 Å². The molecule has 3 aromatic rings. The van der Waals surface area contributed by atoms with E-state index in [-0.39, 0.29) is 17.4 Å². The highest BCUT2D eigenvalue weighted by molar-refractivity contribution is 5.96. The van der Waals surface area contributed by atoms with Crippen LogP contribution in [0.3, 0.4) is 0 Å². The molecule has 2 aliphatic rings. The molecule has 1 aliphatic carbocycles. The summed E-state index contributed by atoms with van der Waals surface area (Å²) in [6, 6.07) is 10.5. The van der Waals surface area contributed by atoms with Crippen molar-refractivity contribution in [2.75, 3.05) is 26.2 Å². The lowest BCUT2D eigenvalue weighted by Crippen LogP contribution is -2.53. The van der Waals surface area contributed by atoms with E-state index in [0.717, 1.165) is 22.2 Å². The van der Waals surface area contributed by atoms with Gasteiger partial charge in [-0.1, -0.05) is 12.1 Å². The SMILES string of the molecule is Cc1nn(C)c2ccc(-c3ccc(C(=O)N4CCN(C(=O)C5(O)CC5)CC4)c(F)c3)cc12. The smallest absolute Gasteiger partial charge is 0.256 e. The zero-order valence-corrected chi connectivity index (χ0v) is 18.1. The topological polar surface area (TPSA) is 78.7 Å². The second-order valence-electron chi connectivity index (χ2n) is 8.75. The van der Waals surface area contributed by atoms with Gasteiger partial charge in [-0.25, -0.2) is 4.39 Å². The second kappa shape index (κ2) is 7.41. The molecule has 8 heteroatoms. The van der Waals surface area contributed by atoms with E-state index >= 15 is 0 Å². The Balaban J connectivity index is 1.32. The van der Waals surface area contributed by atoms with Crippen LogP contribution in [0.25, 0.3) is 22.0 Å². The summed E-state index contributed by atoms with van der Waals surface area (Å²) < 4.78 is 16.8. The molecule has 2 aromatic carbocycles. The molecule has 1 saturated carbocycles. The number of halogens is 1. The van der Waals surface area contributed by atoms with Crippen LogP contribution in [0.1, 0.15) is 28.9 Å². The average molecular weight is 436 g/mol. The average Bonchev–Trinajstić information content (AvgIpc) is 3.49. The number of nitrogens with zero attached hydrogens (tertiary/aromatic N) is 4. The number of hydrogen-bond donors (Lipinski definition) is 1. The first-order valence-corrected chi connectivity index (χ1v) is 10.8. The summed E-state index contributed by atoms with van der Waals surface area (Å²) in [6.07, 6.45) is 0.992. The molecule has 0 radical (unpaired) electrons. The number of piperazine rings is 1. The zero-order valence-electron chi connectivity index (χ0n) is 18.1. The van der Waals surface area contributed by atoms with Gasteiger partial charge in [0.25, 0.3) is 11.8 Å². The third kappa shape index (κ3) is 3.44. The van der Waals surface area contributed by atoms with Crippen LogP contribution in [-0.4, -0.2) is 68.3 Å². The molecule has 7 nitrogen and oxygen atoms in total. The maximum atomic E-state index is 14.9. The van der Waals surface area contributed by atoms with Gasteiger partial charge in [0.1, 0.15) is 11.4 Å². The number of fused-ring (bicyclic) bond motifs is 1. The van der Waals surface area contributed by atoms with E-state index in [9.17, 15) is 19.1 Å². The number of carbonyl (C=O) groups excluding carboxylic acids is 2. The third-order valence-corrected chi connectivity index (χ3v) is 6.54. The molecule has 2 heterocycles. The summed E-state index contributed by atoms with van der Waals surface area (Å²) >= 11 is 0. The normalized spacial score (nSPS) is 17.6. The summed E-state index contributed by atoms with van der Waals surface area (Å²) in [6.45, 7) is 3.26. The van der Waals surface area contributed by atoms with Crippen LogP contribution < -0.4 is 0 Å². The van der Waals surface area contributed by atoms with Crippen LogP contribution in [0.5, 0.6) is 0 Å². The minimum Gasteiger partial charge on any atom is -0.380 e. The fraction of sp³-hybridized carbons (Fsp3) is 0.375. The fourth-order valence-electron chi connectivity index (χ4n) is 4.40. The van der Waals surface area contributed by atoms with Gasteiger partial charge in [-0.3, -0.25) is 14.3 Å². The number of aromatic nitrogens is 2. The zero-order chi connectivity index (χ0) is 22.6. The van der Waals surface area contributed by atoms with E-state index in [0.29, 0.717) is 44.6 Å². The molecule has 2 fully saturated rings. The molecule has 5 rings (SSSR count). The van der Waals surface area contributed by atoms with E-state index in [1.807, 2.05) is 36.9 Å². The summed E-state index contributed by atoms with van der Waals surface area (Å²) in [5.74, 6) is -1.22. The van der Waals surface area contributed by atoms with Gasteiger partial charge < -0.3 is 14.9 Å². The quantitative estimate of drug-likeness (QED) is 0.684. The van der Waals surface area contributed by atoms with Crippen molar-refractivity contribution in [1.82, 2.24) is 19.6 Å². The molecule has 166 valence electrons. The van der Waals surface area contributed by atoms with Gasteiger partial charge in [-0.2, -0.15) is 5.10 Å². The third-order valence-electron chi connectivity index (χ3n) is 6.54. The predicted molar refractivity (Wildman–Crippen MR) is 118 cm³/mol. The molecular weight excluding hydrogens is 411 g/mol. The van der Waals surface area contributed by atoms with E-state index in [4.69, 9.17) is 0 Å². The number of hydrogen-bond acceptors (Lipinski definition) is 4. The minimum atomic E-state index is -1.20. The van der Waals surface area contributed by atoms with Gasteiger partial charge in [0.2, 0.25) is 0 Å². The standard InChI is InChI=1S/C24H25FN4O3/c1-15-19-13-16(4-6-21(19)27(2)26-15)17-3-5-18(20(25)14-17)22(30)28-9-11-29(12-10-28)23(31)24(32)7-8-24/h3-6,13-14,32H,7-12H2,1-2H3. The van der Waals surface area contributed by atoms with Crippen LogP contribution >= 0.6 is 0 Å². The van der Waals surface area contributed by atoms with Crippen molar-refractivity contribution in [3.63, 3.8) is 0 Å². The molecule has 0 spiro atoms. The van der Waals surface area contributed by atoms with Crippen molar-refractivity contribution >= 4 is 22.7 Å². The Morgan fingerprint density at radius 1 is 1.00 bits per heavy atom. The van der Waals surface area contributed by atoms with Gasteiger partial charge >= 0.3 is 0 Å². The molecule has 0 bridgehead atoms. The number of carbonyl (C=O) groups is 2. The van der Waals surface area contributed by atoms with E-state index in [1.54, 1.807) is 15.9 Å². The number of rotatable bonds is 3. The number of aryl methyl sites for hydroxylation is 2. The van der Waals surface area contributed by atoms with Crippen LogP contribution in [0, 0.1) is 12.7 Å². The first-order chi connectivity index (χ1) is 15.3. The number of aliphatic hydroxyl groups is 1. The fourth-order valence-corrected chi connectivity index (χ4v) is 4.40. The first kappa shape index (κ1) is 20.6. The van der Waals surface area contributed by atoms with Gasteiger partial charge in [-0.05, 0) is 55.2 Å². The van der Waals surface area contributed by atoms with Gasteiger partial charge in [-0.15, -0.1) is 0 Å². The lowest BCUT2D eigenvalue weighted by atomic mass is 10.0. The summed E-state index contributed by atoms with van der Waals surface area (Å²) in [5.41, 5.74) is 2.28. The highest BCUT2D eigenvalue weighted by atomic mass is 19.1. The van der Waals surface area contributed by atoms with Crippen molar-refractivity contribution in [3.8, 4) is 11.1 Å². The monoisotopic (exact) mass is 436 g/mol. The van der Waals surface area contributed by atoms with E-state index < -0.39 is 11.4 Å². The summed E-state index contributed by atoms with van der Waals surface area (Å²) in [4.78, 5) is 28.3. The van der Waals surface area contributed by atoms with E-state index in [2.05, 4.69) is 5.10 Å². The first-order valence-electron chi connectivity index (χ1n) is 10.8. The minimum absolute atomic E-state index is 0.0213. The van der Waals surface area contributed by atoms with Crippen molar-refractivity contribution < 1.29 is 19.1 Å². The lowest BCUT2D eigenvalue weighted by Gasteiger charge is -2.35. The molecule has 0 unspecified atom stereocenters. The molecular formula is C24H25FN4O3. The lowest BCUT2D eigenvalue weighted by molar-refractivity contribution is -0.143. The van der Waals surface area contributed by atoms with Crippen LogP contribution in [0.15, 0.2) is 36.4 Å². The summed E-state index contributed by atoms with van der Waals surface area (Å²) in [7, 11) is 1.89. The molecule has 1 aromatic heterocycles. The highest BCUT2D eigenvalue weighted by Crippen LogP contribution is 2.37. The molecule has 2 amide bonds. The molecule has 1 aliphatic heterocycles. The highest BCUT2D eigenvalue weighted by Gasteiger charge is 2.50. The molecule has 32 heavy (non-hydrogen) atoms. The summed E-state index contributed by atoms with van der Waals surface area (Å²) in [5, 5.41) is 15.4. The Kier molecular flexibility index (Phi) is 4.78. The largest absolute Gasteiger partial charge is 0.380 e. The van der Waals surface area contributed by atoms with Crippen LogP contribution in [0.4, 0.5) is 4.39 Å². The van der Waals surface area contributed by atoms with Crippen LogP contribution in [0.2, 0.25) is 0 Å². The molecule has 1 N–H and O–H groups in total. The number of amides is 2. The molecule has 0 atom stereocenters. The Bertz CT molecular complexity index is 1240. The van der Waals surface area contributed by atoms with Crippen molar-refractivity contribution in [2.24, 2.45) is 7.05 Å². The second-order valence-corrected chi connectivity index (χ2v) is 8.75. The van der Waals surface area contributed by atoms with Gasteiger partial charge in [0.15, 0.2) is 0 Å². The van der Waals surface area contributed by atoms with Crippen molar-refractivity contribution in [3.05, 3.63) is 53.5 Å². The Morgan fingerprint density at radius 3 is 2.28 bits per heavy atom. The van der Waals surface area contributed by atoms with Gasteiger partial charge in [0, 0.05) is 38.6 Å². The molecule has 1 saturated heterocycles. The Hall–Kier alpha value is -3.26. The Morgan fingerprint density at radius 2 is 1.62 bits per heavy atom. The van der Waals surface area contributed by atoms with Crippen molar-refractivity contribution in [1.29, 1.82) is 0 Å². The van der Waals surface area contributed by atoms with E-state index in [1.165, 1.54) is 12.1 Å². The maximum Gasteiger partial charge on any atom is 0.256 e. The number of benzene rings is 2. The van der Waals surface area contributed by atoms with Crippen LogP contribution in [-0.2, 0) is 11.8 Å². The maximum absolute atomic E-state index is 14.9. The van der Waals surface area contributed by atoms with Crippen molar-refractivity contribution in [2.45, 2.75) is 25.4 Å². The Labute approximate surface area is 185 Å².